The lowest BCUT2D eigenvalue weighted by atomic mass is 9.97. The number of hydrogen-bond acceptors (Lipinski definition) is 2. The molecule has 0 saturated heterocycles. The highest BCUT2D eigenvalue weighted by atomic mass is 16.3. The number of pyridine rings is 1. The summed E-state index contributed by atoms with van der Waals surface area (Å²) < 4.78 is 8.47. The van der Waals surface area contributed by atoms with Gasteiger partial charge in [0.2, 0.25) is 5.69 Å². The Hall–Kier alpha value is -3.12. The van der Waals surface area contributed by atoms with E-state index >= 15 is 0 Å². The molecule has 0 aliphatic heterocycles. The lowest BCUT2D eigenvalue weighted by molar-refractivity contribution is -0.660. The van der Waals surface area contributed by atoms with Crippen molar-refractivity contribution in [3.8, 4) is 17.3 Å². The van der Waals surface area contributed by atoms with E-state index in [2.05, 4.69) is 35.8 Å². The zero-order valence-corrected chi connectivity index (χ0v) is 14.8. The topological polar surface area (TPSA) is 40.8 Å². The molecule has 2 aromatic carbocycles. The van der Waals surface area contributed by atoms with E-state index < -0.39 is 0 Å². The average molecular weight is 327 g/mol. The van der Waals surface area contributed by atoms with Crippen LogP contribution in [-0.4, -0.2) is 0 Å². The summed E-state index contributed by atoms with van der Waals surface area (Å²) in [6.07, 6.45) is 2.04. The smallest absolute Gasteiger partial charge is 0.216 e. The summed E-state index contributed by atoms with van der Waals surface area (Å²) >= 11 is 0. The van der Waals surface area contributed by atoms with Gasteiger partial charge in [-0.2, -0.15) is 5.26 Å². The van der Waals surface area contributed by atoms with E-state index in [0.717, 1.165) is 44.3 Å². The van der Waals surface area contributed by atoms with Crippen LogP contribution >= 0.6 is 0 Å². The minimum atomic E-state index is 0.674. The number of hydrogen-bond donors (Lipinski definition) is 0. The first kappa shape index (κ1) is 15.4. The second-order valence-corrected chi connectivity index (χ2v) is 6.61. The molecule has 0 bridgehead atoms. The van der Waals surface area contributed by atoms with Crippen LogP contribution in [0.4, 0.5) is 0 Å². The second kappa shape index (κ2) is 5.46. The molecular weight excluding hydrogens is 308 g/mol. The van der Waals surface area contributed by atoms with Crippen molar-refractivity contribution in [1.82, 2.24) is 0 Å². The van der Waals surface area contributed by atoms with Crippen molar-refractivity contribution in [3.05, 3.63) is 64.8 Å². The summed E-state index contributed by atoms with van der Waals surface area (Å²) in [6, 6.07) is 14.7. The Morgan fingerprint density at radius 2 is 1.80 bits per heavy atom. The maximum absolute atomic E-state index is 9.40. The second-order valence-electron chi connectivity index (χ2n) is 6.61. The predicted octanol–water partition coefficient (Wildman–Crippen LogP) is 4.87. The molecule has 0 N–H and O–H groups in total. The molecule has 3 heteroatoms. The Morgan fingerprint density at radius 1 is 1.00 bits per heavy atom. The molecule has 0 atom stereocenters. The summed E-state index contributed by atoms with van der Waals surface area (Å²) in [4.78, 5) is 0. The van der Waals surface area contributed by atoms with Gasteiger partial charge in [0.25, 0.3) is 0 Å². The highest BCUT2D eigenvalue weighted by Gasteiger charge is 2.22. The van der Waals surface area contributed by atoms with Crippen LogP contribution in [0.2, 0.25) is 0 Å². The number of nitrogens with zero attached hydrogens (tertiary/aromatic N) is 2. The van der Waals surface area contributed by atoms with E-state index in [1.165, 1.54) is 5.56 Å². The van der Waals surface area contributed by atoms with Crippen molar-refractivity contribution in [2.24, 2.45) is 7.05 Å². The molecule has 122 valence electrons. The third-order valence-electron chi connectivity index (χ3n) is 5.00. The van der Waals surface area contributed by atoms with E-state index in [9.17, 15) is 5.26 Å². The molecular formula is C22H19N2O+. The van der Waals surface area contributed by atoms with Crippen LogP contribution in [0.1, 0.15) is 22.3 Å². The molecule has 0 spiro atoms. The van der Waals surface area contributed by atoms with Crippen molar-refractivity contribution >= 4 is 21.9 Å². The number of nitriles is 1. The third-order valence-corrected chi connectivity index (χ3v) is 5.00. The normalized spacial score (nSPS) is 11.2. The van der Waals surface area contributed by atoms with Gasteiger partial charge in [0.05, 0.1) is 17.2 Å². The molecule has 4 rings (SSSR count). The first-order valence-electron chi connectivity index (χ1n) is 8.34. The van der Waals surface area contributed by atoms with Gasteiger partial charge < -0.3 is 4.42 Å². The zero-order chi connectivity index (χ0) is 17.7. The van der Waals surface area contributed by atoms with Gasteiger partial charge in [-0.1, -0.05) is 12.1 Å². The third kappa shape index (κ3) is 2.15. The van der Waals surface area contributed by atoms with Gasteiger partial charge in [-0.3, -0.25) is 0 Å². The lowest BCUT2D eigenvalue weighted by Gasteiger charge is -2.05. The van der Waals surface area contributed by atoms with Gasteiger partial charge in [0.1, 0.15) is 18.2 Å². The fourth-order valence-electron chi connectivity index (χ4n) is 3.65. The number of rotatable bonds is 1. The molecule has 0 saturated carbocycles. The molecule has 0 amide bonds. The zero-order valence-electron chi connectivity index (χ0n) is 14.8. The number of furan rings is 1. The van der Waals surface area contributed by atoms with Crippen molar-refractivity contribution < 1.29 is 8.98 Å². The predicted molar refractivity (Wildman–Crippen MR) is 99.3 cm³/mol. The molecule has 2 heterocycles. The fourth-order valence-corrected chi connectivity index (χ4v) is 3.65. The molecule has 3 nitrogen and oxygen atoms in total. The number of fused-ring (bicyclic) bond motifs is 3. The Labute approximate surface area is 146 Å². The molecule has 25 heavy (non-hydrogen) atoms. The molecule has 0 unspecified atom stereocenters. The summed E-state index contributed by atoms with van der Waals surface area (Å²) in [5.41, 5.74) is 7.74. The molecule has 0 fully saturated rings. The van der Waals surface area contributed by atoms with Crippen molar-refractivity contribution in [2.45, 2.75) is 20.8 Å². The van der Waals surface area contributed by atoms with Crippen molar-refractivity contribution in [2.75, 3.05) is 0 Å². The van der Waals surface area contributed by atoms with Crippen LogP contribution in [0.25, 0.3) is 33.2 Å². The summed E-state index contributed by atoms with van der Waals surface area (Å²) in [7, 11) is 2.04. The lowest BCUT2D eigenvalue weighted by Crippen LogP contribution is -2.30. The van der Waals surface area contributed by atoms with Gasteiger partial charge in [0, 0.05) is 28.5 Å². The number of aromatic nitrogens is 1. The fraction of sp³-hybridized carbons (Fsp3) is 0.182. The Morgan fingerprint density at radius 3 is 2.52 bits per heavy atom. The summed E-state index contributed by atoms with van der Waals surface area (Å²) in [5, 5.41) is 11.6. The van der Waals surface area contributed by atoms with Crippen LogP contribution in [0, 0.1) is 32.1 Å². The summed E-state index contributed by atoms with van der Waals surface area (Å²) in [6.45, 7) is 6.10. The Kier molecular flexibility index (Phi) is 3.36. The van der Waals surface area contributed by atoms with Gasteiger partial charge in [-0.05, 0) is 44.0 Å². The molecule has 2 aromatic heterocycles. The van der Waals surface area contributed by atoms with E-state index in [4.69, 9.17) is 4.42 Å². The molecule has 0 aliphatic rings. The van der Waals surface area contributed by atoms with E-state index in [1.54, 1.807) is 0 Å². The van der Waals surface area contributed by atoms with Crippen LogP contribution in [0.15, 0.2) is 47.0 Å². The van der Waals surface area contributed by atoms with Crippen LogP contribution in [-0.2, 0) is 7.05 Å². The maximum atomic E-state index is 9.40. The van der Waals surface area contributed by atoms with Crippen LogP contribution < -0.4 is 4.57 Å². The van der Waals surface area contributed by atoms with Gasteiger partial charge in [-0.25, -0.2) is 4.57 Å². The molecule has 4 aromatic rings. The van der Waals surface area contributed by atoms with Crippen LogP contribution in [0.3, 0.4) is 0 Å². The van der Waals surface area contributed by atoms with Crippen molar-refractivity contribution in [1.29, 1.82) is 5.26 Å². The maximum Gasteiger partial charge on any atom is 0.216 e. The minimum Gasteiger partial charge on any atom is -0.455 e. The minimum absolute atomic E-state index is 0.674. The Bertz CT molecular complexity index is 1190. The Balaban J connectivity index is 2.21. The SMILES string of the molecule is Cc1ccc2c(oc3c(C)c(C#N)cc(C)c32)c1-c1cccc[n+]1C. The van der Waals surface area contributed by atoms with Crippen LogP contribution in [0.5, 0.6) is 0 Å². The number of benzene rings is 2. The quantitative estimate of drug-likeness (QED) is 0.468. The molecule has 0 aliphatic carbocycles. The van der Waals surface area contributed by atoms with Gasteiger partial charge >= 0.3 is 0 Å². The largest absolute Gasteiger partial charge is 0.455 e. The van der Waals surface area contributed by atoms with Crippen molar-refractivity contribution in [3.63, 3.8) is 0 Å². The van der Waals surface area contributed by atoms with E-state index in [1.807, 2.05) is 45.3 Å². The first-order chi connectivity index (χ1) is 12.0. The first-order valence-corrected chi connectivity index (χ1v) is 8.34. The van der Waals surface area contributed by atoms with Gasteiger partial charge in [-0.15, -0.1) is 0 Å². The summed E-state index contributed by atoms with van der Waals surface area (Å²) in [5.74, 6) is 0. The van der Waals surface area contributed by atoms with E-state index in [-0.39, 0.29) is 0 Å². The standard InChI is InChI=1S/C22H19N2O/c1-13-8-9-17-19-14(2)11-16(12-23)15(3)21(19)25-22(17)20(13)18-7-5-6-10-24(18)4/h5-11H,1-4H3/q+1. The average Bonchev–Trinajstić information content (AvgIpc) is 2.99. The van der Waals surface area contributed by atoms with E-state index in [0.29, 0.717) is 5.56 Å². The molecule has 0 radical (unpaired) electrons. The highest BCUT2D eigenvalue weighted by molar-refractivity contribution is 6.12. The highest BCUT2D eigenvalue weighted by Crippen LogP contribution is 2.39. The number of aryl methyl sites for hydroxylation is 4. The van der Waals surface area contributed by atoms with Gasteiger partial charge in [0.15, 0.2) is 6.20 Å². The monoisotopic (exact) mass is 327 g/mol.